The molecular formula is C17H24ClN3O. The maximum absolute atomic E-state index is 5.63. The second-order valence-electron chi connectivity index (χ2n) is 6.17. The summed E-state index contributed by atoms with van der Waals surface area (Å²) in [6.07, 6.45) is 1.78. The van der Waals surface area contributed by atoms with Crippen LogP contribution < -0.4 is 5.32 Å². The Bertz CT molecular complexity index is 586. The maximum atomic E-state index is 5.63. The van der Waals surface area contributed by atoms with Gasteiger partial charge in [0, 0.05) is 37.3 Å². The number of nitrogens with one attached hydrogen (secondary N) is 1. The van der Waals surface area contributed by atoms with Crippen LogP contribution in [0.25, 0.3) is 11.5 Å². The molecule has 2 unspecified atom stereocenters. The van der Waals surface area contributed by atoms with Crippen LogP contribution >= 0.6 is 12.4 Å². The number of oxazole rings is 1. The first-order valence-electron chi connectivity index (χ1n) is 7.60. The number of halogens is 1. The van der Waals surface area contributed by atoms with Crippen molar-refractivity contribution in [1.29, 1.82) is 0 Å². The Morgan fingerprint density at radius 3 is 2.45 bits per heavy atom. The molecule has 1 fully saturated rings. The van der Waals surface area contributed by atoms with Crippen molar-refractivity contribution in [3.63, 3.8) is 0 Å². The zero-order valence-corrected chi connectivity index (χ0v) is 14.2. The first-order valence-corrected chi connectivity index (χ1v) is 7.60. The minimum absolute atomic E-state index is 0. The van der Waals surface area contributed by atoms with Crippen LogP contribution in [0.4, 0.5) is 0 Å². The molecule has 120 valence electrons. The number of hydrogen-bond donors (Lipinski definition) is 1. The van der Waals surface area contributed by atoms with Crippen molar-refractivity contribution in [2.45, 2.75) is 39.4 Å². The summed E-state index contributed by atoms with van der Waals surface area (Å²) in [6, 6.07) is 9.33. The third kappa shape index (κ3) is 4.09. The van der Waals surface area contributed by atoms with Crippen LogP contribution in [0, 0.1) is 6.92 Å². The second-order valence-corrected chi connectivity index (χ2v) is 6.17. The molecule has 3 rings (SSSR count). The van der Waals surface area contributed by atoms with E-state index in [1.165, 1.54) is 5.56 Å². The molecule has 5 heteroatoms. The van der Waals surface area contributed by atoms with Crippen molar-refractivity contribution in [3.05, 3.63) is 41.8 Å². The van der Waals surface area contributed by atoms with Gasteiger partial charge in [-0.25, -0.2) is 4.98 Å². The Kier molecular flexibility index (Phi) is 5.62. The van der Waals surface area contributed by atoms with E-state index in [9.17, 15) is 0 Å². The fourth-order valence-electron chi connectivity index (χ4n) is 3.01. The largest absolute Gasteiger partial charge is 0.444 e. The van der Waals surface area contributed by atoms with Gasteiger partial charge in [0.2, 0.25) is 5.89 Å². The summed E-state index contributed by atoms with van der Waals surface area (Å²) in [5.41, 5.74) is 3.29. The van der Waals surface area contributed by atoms with Crippen molar-refractivity contribution in [3.8, 4) is 11.5 Å². The minimum Gasteiger partial charge on any atom is -0.444 e. The summed E-state index contributed by atoms with van der Waals surface area (Å²) in [5, 5.41) is 3.55. The van der Waals surface area contributed by atoms with Gasteiger partial charge in [0.05, 0.1) is 5.69 Å². The zero-order chi connectivity index (χ0) is 14.8. The van der Waals surface area contributed by atoms with Gasteiger partial charge in [-0.2, -0.15) is 0 Å². The van der Waals surface area contributed by atoms with Gasteiger partial charge in [0.1, 0.15) is 6.26 Å². The lowest BCUT2D eigenvalue weighted by Crippen LogP contribution is -2.53. The Labute approximate surface area is 138 Å². The maximum Gasteiger partial charge on any atom is 0.226 e. The fourth-order valence-corrected chi connectivity index (χ4v) is 3.01. The summed E-state index contributed by atoms with van der Waals surface area (Å²) in [4.78, 5) is 7.06. The monoisotopic (exact) mass is 321 g/mol. The van der Waals surface area contributed by atoms with E-state index in [4.69, 9.17) is 4.42 Å². The van der Waals surface area contributed by atoms with Crippen LogP contribution in [-0.2, 0) is 6.54 Å². The summed E-state index contributed by atoms with van der Waals surface area (Å²) in [5.74, 6) is 0.709. The lowest BCUT2D eigenvalue weighted by Gasteiger charge is -2.35. The molecule has 1 aromatic carbocycles. The van der Waals surface area contributed by atoms with Crippen LogP contribution in [0.2, 0.25) is 0 Å². The van der Waals surface area contributed by atoms with Crippen molar-refractivity contribution >= 4 is 12.4 Å². The minimum atomic E-state index is 0. The molecule has 0 amide bonds. The Hall–Kier alpha value is -1.36. The smallest absolute Gasteiger partial charge is 0.226 e. The van der Waals surface area contributed by atoms with Gasteiger partial charge in [0.15, 0.2) is 0 Å². The Balaban J connectivity index is 0.00000176. The highest BCUT2D eigenvalue weighted by Gasteiger charge is 2.21. The standard InChI is InChI=1S/C17H23N3O.ClH/c1-12-4-6-15(7-5-12)17-19-16(11-21-17)10-20-8-13(2)18-14(3)9-20;/h4-7,11,13-14,18H,8-10H2,1-3H3;1H. The molecule has 0 spiro atoms. The molecule has 1 N–H and O–H groups in total. The molecular weight excluding hydrogens is 298 g/mol. The average molecular weight is 322 g/mol. The van der Waals surface area contributed by atoms with Gasteiger partial charge < -0.3 is 9.73 Å². The van der Waals surface area contributed by atoms with Crippen molar-refractivity contribution in [2.24, 2.45) is 0 Å². The molecule has 2 aromatic rings. The van der Waals surface area contributed by atoms with Crippen LogP contribution in [0.1, 0.15) is 25.1 Å². The molecule has 1 saturated heterocycles. The molecule has 2 atom stereocenters. The first kappa shape index (κ1) is 17.0. The average Bonchev–Trinajstić information content (AvgIpc) is 2.87. The number of piperazine rings is 1. The molecule has 0 aliphatic carbocycles. The summed E-state index contributed by atoms with van der Waals surface area (Å²) in [7, 11) is 0. The van der Waals surface area contributed by atoms with E-state index in [1.54, 1.807) is 6.26 Å². The van der Waals surface area contributed by atoms with E-state index >= 15 is 0 Å². The van der Waals surface area contributed by atoms with E-state index in [-0.39, 0.29) is 12.4 Å². The predicted molar refractivity (Wildman–Crippen MR) is 91.3 cm³/mol. The van der Waals surface area contributed by atoms with Crippen LogP contribution in [-0.4, -0.2) is 35.1 Å². The number of aryl methyl sites for hydroxylation is 1. The van der Waals surface area contributed by atoms with Gasteiger partial charge in [0.25, 0.3) is 0 Å². The molecule has 1 aliphatic rings. The number of rotatable bonds is 3. The summed E-state index contributed by atoms with van der Waals surface area (Å²) in [6.45, 7) is 9.49. The molecule has 0 bridgehead atoms. The predicted octanol–water partition coefficient (Wildman–Crippen LogP) is 3.25. The highest BCUT2D eigenvalue weighted by molar-refractivity contribution is 5.85. The number of aromatic nitrogens is 1. The van der Waals surface area contributed by atoms with Crippen LogP contribution in [0.3, 0.4) is 0 Å². The highest BCUT2D eigenvalue weighted by atomic mass is 35.5. The summed E-state index contributed by atoms with van der Waals surface area (Å²) < 4.78 is 5.63. The highest BCUT2D eigenvalue weighted by Crippen LogP contribution is 2.20. The lowest BCUT2D eigenvalue weighted by atomic mass is 10.1. The van der Waals surface area contributed by atoms with Gasteiger partial charge in [-0.15, -0.1) is 12.4 Å². The van der Waals surface area contributed by atoms with Crippen molar-refractivity contribution in [2.75, 3.05) is 13.1 Å². The Morgan fingerprint density at radius 1 is 1.18 bits per heavy atom. The number of nitrogens with zero attached hydrogens (tertiary/aromatic N) is 2. The lowest BCUT2D eigenvalue weighted by molar-refractivity contribution is 0.165. The normalized spacial score (nSPS) is 22.3. The molecule has 1 aromatic heterocycles. The topological polar surface area (TPSA) is 41.3 Å². The molecule has 0 radical (unpaired) electrons. The number of hydrogen-bond acceptors (Lipinski definition) is 4. The molecule has 22 heavy (non-hydrogen) atoms. The number of benzene rings is 1. The van der Waals surface area contributed by atoms with Crippen LogP contribution in [0.15, 0.2) is 34.9 Å². The van der Waals surface area contributed by atoms with E-state index in [1.807, 2.05) is 0 Å². The van der Waals surface area contributed by atoms with Gasteiger partial charge >= 0.3 is 0 Å². The molecule has 1 aliphatic heterocycles. The van der Waals surface area contributed by atoms with Crippen LogP contribution in [0.5, 0.6) is 0 Å². The zero-order valence-electron chi connectivity index (χ0n) is 13.4. The Morgan fingerprint density at radius 2 is 1.82 bits per heavy atom. The fraction of sp³-hybridized carbons (Fsp3) is 0.471. The quantitative estimate of drug-likeness (QED) is 0.942. The molecule has 0 saturated carbocycles. The van der Waals surface area contributed by atoms with Crippen molar-refractivity contribution in [1.82, 2.24) is 15.2 Å². The van der Waals surface area contributed by atoms with E-state index < -0.39 is 0 Å². The SMILES string of the molecule is Cc1ccc(-c2nc(CN3CC(C)NC(C)C3)co2)cc1.Cl. The molecule has 4 nitrogen and oxygen atoms in total. The van der Waals surface area contributed by atoms with Gasteiger partial charge in [-0.05, 0) is 32.9 Å². The van der Waals surface area contributed by atoms with E-state index in [0.29, 0.717) is 18.0 Å². The van der Waals surface area contributed by atoms with Gasteiger partial charge in [-0.3, -0.25) is 4.90 Å². The van der Waals surface area contributed by atoms with E-state index in [0.717, 1.165) is 30.9 Å². The van der Waals surface area contributed by atoms with E-state index in [2.05, 4.69) is 60.2 Å². The third-order valence-corrected chi connectivity index (χ3v) is 3.87. The van der Waals surface area contributed by atoms with Gasteiger partial charge in [-0.1, -0.05) is 17.7 Å². The molecule has 2 heterocycles. The second kappa shape index (κ2) is 7.27. The van der Waals surface area contributed by atoms with Crippen molar-refractivity contribution < 1.29 is 4.42 Å². The first-order chi connectivity index (χ1) is 10.1. The third-order valence-electron chi connectivity index (χ3n) is 3.87. The summed E-state index contributed by atoms with van der Waals surface area (Å²) >= 11 is 0.